The van der Waals surface area contributed by atoms with Gasteiger partial charge in [-0.3, -0.25) is 0 Å². The van der Waals surface area contributed by atoms with Gasteiger partial charge in [-0.15, -0.1) is 0 Å². The molecule has 14 heavy (non-hydrogen) atoms. The summed E-state index contributed by atoms with van der Waals surface area (Å²) in [6.45, 7) is 12.1. The van der Waals surface area contributed by atoms with Crippen molar-refractivity contribution < 1.29 is 9.84 Å². The molecule has 0 aromatic heterocycles. The predicted molar refractivity (Wildman–Crippen MR) is 59.5 cm³/mol. The summed E-state index contributed by atoms with van der Waals surface area (Å²) in [6.07, 6.45) is 0.759. The highest BCUT2D eigenvalue weighted by Gasteiger charge is 2.17. The van der Waals surface area contributed by atoms with Crippen LogP contribution in [-0.2, 0) is 4.74 Å². The van der Waals surface area contributed by atoms with Gasteiger partial charge in [0.15, 0.2) is 0 Å². The van der Waals surface area contributed by atoms with E-state index < -0.39 is 5.60 Å². The monoisotopic (exact) mass is 203 g/mol. The molecule has 86 valence electrons. The Balaban J connectivity index is 3.54. The van der Waals surface area contributed by atoms with Crippen molar-refractivity contribution in [3.63, 3.8) is 0 Å². The Morgan fingerprint density at radius 3 is 2.21 bits per heavy atom. The molecule has 0 unspecified atom stereocenters. The van der Waals surface area contributed by atoms with Crippen LogP contribution in [0.25, 0.3) is 0 Å². The zero-order valence-corrected chi connectivity index (χ0v) is 10.2. The van der Waals surface area contributed by atoms with Gasteiger partial charge in [0, 0.05) is 13.2 Å². The normalized spacial score (nSPS) is 13.3. The van der Waals surface area contributed by atoms with E-state index in [1.807, 2.05) is 20.8 Å². The topological polar surface area (TPSA) is 41.5 Å². The summed E-state index contributed by atoms with van der Waals surface area (Å²) in [6, 6.07) is 0. The summed E-state index contributed by atoms with van der Waals surface area (Å²) in [5.41, 5.74) is -0.697. The standard InChI is InChI=1S/C11H25NO2/c1-6-14-11(4,5)9-12-8-7-10(2,3)13/h12-13H,6-9H2,1-5H3. The summed E-state index contributed by atoms with van der Waals surface area (Å²) in [5.74, 6) is 0. The van der Waals surface area contributed by atoms with E-state index in [9.17, 15) is 5.11 Å². The van der Waals surface area contributed by atoms with Crippen LogP contribution in [0.3, 0.4) is 0 Å². The minimum atomic E-state index is -0.581. The van der Waals surface area contributed by atoms with Crippen molar-refractivity contribution in [2.45, 2.75) is 52.2 Å². The van der Waals surface area contributed by atoms with E-state index in [1.54, 1.807) is 0 Å². The minimum absolute atomic E-state index is 0.117. The molecule has 0 amide bonds. The Kier molecular flexibility index (Phi) is 5.64. The van der Waals surface area contributed by atoms with E-state index in [4.69, 9.17) is 4.74 Å². The second kappa shape index (κ2) is 5.69. The van der Waals surface area contributed by atoms with Gasteiger partial charge in [-0.2, -0.15) is 0 Å². The molecule has 0 heterocycles. The van der Waals surface area contributed by atoms with E-state index in [0.29, 0.717) is 0 Å². The lowest BCUT2D eigenvalue weighted by Gasteiger charge is -2.26. The predicted octanol–water partition coefficient (Wildman–Crippen LogP) is 1.55. The number of aliphatic hydroxyl groups is 1. The van der Waals surface area contributed by atoms with Crippen LogP contribution in [-0.4, -0.2) is 36.0 Å². The second-order valence-electron chi connectivity index (χ2n) is 4.93. The van der Waals surface area contributed by atoms with Gasteiger partial charge in [-0.05, 0) is 47.6 Å². The van der Waals surface area contributed by atoms with E-state index in [2.05, 4.69) is 19.2 Å². The van der Waals surface area contributed by atoms with Crippen molar-refractivity contribution in [2.24, 2.45) is 0 Å². The number of hydrogen-bond acceptors (Lipinski definition) is 3. The first-order valence-electron chi connectivity index (χ1n) is 5.34. The summed E-state index contributed by atoms with van der Waals surface area (Å²) in [4.78, 5) is 0. The van der Waals surface area contributed by atoms with Gasteiger partial charge in [-0.25, -0.2) is 0 Å². The first-order chi connectivity index (χ1) is 6.27. The van der Waals surface area contributed by atoms with Crippen molar-refractivity contribution in [2.75, 3.05) is 19.7 Å². The zero-order valence-electron chi connectivity index (χ0n) is 10.2. The van der Waals surface area contributed by atoms with Crippen LogP contribution in [0.4, 0.5) is 0 Å². The van der Waals surface area contributed by atoms with Crippen LogP contribution in [0.2, 0.25) is 0 Å². The molecule has 0 aliphatic carbocycles. The van der Waals surface area contributed by atoms with Gasteiger partial charge in [0.25, 0.3) is 0 Å². The number of hydrogen-bond donors (Lipinski definition) is 2. The van der Waals surface area contributed by atoms with Crippen LogP contribution in [0.15, 0.2) is 0 Å². The smallest absolute Gasteiger partial charge is 0.0750 e. The zero-order chi connectivity index (χ0) is 11.2. The molecule has 0 rings (SSSR count). The summed E-state index contributed by atoms with van der Waals surface area (Å²) in [5, 5.41) is 12.8. The highest BCUT2D eigenvalue weighted by molar-refractivity contribution is 4.73. The quantitative estimate of drug-likeness (QED) is 0.617. The van der Waals surface area contributed by atoms with Crippen molar-refractivity contribution >= 4 is 0 Å². The van der Waals surface area contributed by atoms with Crippen molar-refractivity contribution in [3.8, 4) is 0 Å². The summed E-state index contributed by atoms with van der Waals surface area (Å²) < 4.78 is 5.54. The van der Waals surface area contributed by atoms with E-state index in [0.717, 1.165) is 26.1 Å². The van der Waals surface area contributed by atoms with Crippen molar-refractivity contribution in [3.05, 3.63) is 0 Å². The van der Waals surface area contributed by atoms with E-state index in [1.165, 1.54) is 0 Å². The molecule has 3 heteroatoms. The van der Waals surface area contributed by atoms with Gasteiger partial charge < -0.3 is 15.2 Å². The maximum absolute atomic E-state index is 9.48. The Hall–Kier alpha value is -0.120. The average molecular weight is 203 g/mol. The van der Waals surface area contributed by atoms with Crippen LogP contribution in [0, 0.1) is 0 Å². The Labute approximate surface area is 87.8 Å². The maximum Gasteiger partial charge on any atom is 0.0750 e. The molecule has 3 nitrogen and oxygen atoms in total. The second-order valence-corrected chi connectivity index (χ2v) is 4.93. The molecule has 0 aromatic rings. The van der Waals surface area contributed by atoms with Gasteiger partial charge in [0.1, 0.15) is 0 Å². The third kappa shape index (κ3) is 8.48. The SMILES string of the molecule is CCOC(C)(C)CNCCC(C)(C)O. The molecule has 0 saturated carbocycles. The molecule has 0 atom stereocenters. The molecule has 0 spiro atoms. The van der Waals surface area contributed by atoms with Crippen LogP contribution < -0.4 is 5.32 Å². The summed E-state index contributed by atoms with van der Waals surface area (Å²) in [7, 11) is 0. The van der Waals surface area contributed by atoms with E-state index >= 15 is 0 Å². The van der Waals surface area contributed by atoms with Crippen LogP contribution in [0.1, 0.15) is 41.0 Å². The van der Waals surface area contributed by atoms with Crippen molar-refractivity contribution in [1.82, 2.24) is 5.32 Å². The molecular weight excluding hydrogens is 178 g/mol. The van der Waals surface area contributed by atoms with Gasteiger partial charge in [-0.1, -0.05) is 0 Å². The lowest BCUT2D eigenvalue weighted by Crippen LogP contribution is -2.39. The lowest BCUT2D eigenvalue weighted by atomic mass is 10.1. The molecule has 2 N–H and O–H groups in total. The molecule has 0 radical (unpaired) electrons. The molecule has 0 aromatic carbocycles. The third-order valence-electron chi connectivity index (χ3n) is 2.00. The lowest BCUT2D eigenvalue weighted by molar-refractivity contribution is -0.0102. The van der Waals surface area contributed by atoms with Gasteiger partial charge in [0.2, 0.25) is 0 Å². The Bertz CT molecular complexity index is 150. The molecule has 0 aliphatic rings. The minimum Gasteiger partial charge on any atom is -0.390 e. The molecule has 0 bridgehead atoms. The fourth-order valence-corrected chi connectivity index (χ4v) is 1.23. The number of rotatable bonds is 7. The molecule has 0 saturated heterocycles. The molecule has 0 fully saturated rings. The fraction of sp³-hybridized carbons (Fsp3) is 1.00. The fourth-order valence-electron chi connectivity index (χ4n) is 1.23. The first-order valence-corrected chi connectivity index (χ1v) is 5.34. The van der Waals surface area contributed by atoms with Gasteiger partial charge >= 0.3 is 0 Å². The largest absolute Gasteiger partial charge is 0.390 e. The van der Waals surface area contributed by atoms with Crippen LogP contribution >= 0.6 is 0 Å². The van der Waals surface area contributed by atoms with Crippen LogP contribution in [0.5, 0.6) is 0 Å². The average Bonchev–Trinajstić information content (AvgIpc) is 1.96. The van der Waals surface area contributed by atoms with Gasteiger partial charge in [0.05, 0.1) is 11.2 Å². The van der Waals surface area contributed by atoms with E-state index in [-0.39, 0.29) is 5.60 Å². The molecular formula is C11H25NO2. The Morgan fingerprint density at radius 2 is 1.79 bits per heavy atom. The highest BCUT2D eigenvalue weighted by Crippen LogP contribution is 2.08. The highest BCUT2D eigenvalue weighted by atomic mass is 16.5. The number of ether oxygens (including phenoxy) is 1. The number of nitrogens with one attached hydrogen (secondary N) is 1. The third-order valence-corrected chi connectivity index (χ3v) is 2.00. The summed E-state index contributed by atoms with van der Waals surface area (Å²) >= 11 is 0. The maximum atomic E-state index is 9.48. The molecule has 0 aliphatic heterocycles. The van der Waals surface area contributed by atoms with Crippen molar-refractivity contribution in [1.29, 1.82) is 0 Å². The first kappa shape index (κ1) is 13.9. The Morgan fingerprint density at radius 1 is 1.21 bits per heavy atom.